The minimum atomic E-state index is -0.0372. The van der Waals surface area contributed by atoms with Crippen LogP contribution in [0.25, 0.3) is 16.6 Å². The van der Waals surface area contributed by atoms with Crippen molar-refractivity contribution < 1.29 is 5.11 Å². The van der Waals surface area contributed by atoms with Crippen LogP contribution in [0.3, 0.4) is 0 Å². The number of imidazole rings is 1. The number of allylic oxidation sites excluding steroid dienone is 1. The molecule has 0 spiro atoms. The highest BCUT2D eigenvalue weighted by Crippen LogP contribution is 2.28. The normalized spacial score (nSPS) is 12.0. The van der Waals surface area contributed by atoms with Crippen molar-refractivity contribution in [1.82, 2.24) is 20.2 Å². The number of hydrogen-bond acceptors (Lipinski definition) is 8. The topological polar surface area (TPSA) is 111 Å². The van der Waals surface area contributed by atoms with Crippen LogP contribution in [0.15, 0.2) is 34.4 Å². The minimum absolute atomic E-state index is 0.0372. The van der Waals surface area contributed by atoms with Gasteiger partial charge in [0.25, 0.3) is 0 Å². The molecule has 2 aromatic heterocycles. The van der Waals surface area contributed by atoms with Crippen LogP contribution in [0.4, 0.5) is 5.13 Å². The van der Waals surface area contributed by atoms with Crippen LogP contribution in [0.2, 0.25) is 0 Å². The fourth-order valence-corrected chi connectivity index (χ4v) is 3.75. The van der Waals surface area contributed by atoms with E-state index in [9.17, 15) is 10.4 Å². The van der Waals surface area contributed by atoms with E-state index >= 15 is 0 Å². The zero-order chi connectivity index (χ0) is 17.6. The number of nitrogens with one attached hydrogen (secondary N) is 2. The third-order valence-corrected chi connectivity index (χ3v) is 5.32. The highest BCUT2D eigenvalue weighted by Gasteiger charge is 2.14. The number of aromatic nitrogens is 4. The molecule has 3 aromatic rings. The number of fused-ring (bicyclic) bond motifs is 1. The summed E-state index contributed by atoms with van der Waals surface area (Å²) in [6.45, 7) is 2.92. The summed E-state index contributed by atoms with van der Waals surface area (Å²) >= 11 is 2.76. The Bertz CT molecular complexity index is 906. The Balaban J connectivity index is 1.73. The standard InChI is InChI=1S/C16H16N6OS2/c1-2-7-18-15-21-22-16(25-15)24-9-13(23)10(8-17)14-19-11-5-3-4-6-12(11)20-14/h3-6,23H,2,7,9H2,1H3,(H,18,21)(H,19,20)/b13-10-. The van der Waals surface area contributed by atoms with Gasteiger partial charge in [-0.05, 0) is 18.6 Å². The van der Waals surface area contributed by atoms with Crippen molar-refractivity contribution in [2.24, 2.45) is 0 Å². The molecule has 2 heterocycles. The van der Waals surface area contributed by atoms with Gasteiger partial charge < -0.3 is 15.4 Å². The number of rotatable bonds is 7. The Morgan fingerprint density at radius 3 is 3.00 bits per heavy atom. The van der Waals surface area contributed by atoms with Gasteiger partial charge in [-0.3, -0.25) is 0 Å². The number of aliphatic hydroxyl groups excluding tert-OH is 1. The van der Waals surface area contributed by atoms with Gasteiger partial charge in [-0.25, -0.2) is 4.98 Å². The van der Waals surface area contributed by atoms with Crippen LogP contribution < -0.4 is 5.32 Å². The molecular formula is C16H16N6OS2. The quantitative estimate of drug-likeness (QED) is 0.328. The Kier molecular flexibility index (Phi) is 5.53. The third kappa shape index (κ3) is 4.10. The lowest BCUT2D eigenvalue weighted by Crippen LogP contribution is -1.98. The van der Waals surface area contributed by atoms with E-state index in [0.29, 0.717) is 5.82 Å². The smallest absolute Gasteiger partial charge is 0.206 e. The van der Waals surface area contributed by atoms with Crippen molar-refractivity contribution in [3.05, 3.63) is 35.8 Å². The molecule has 0 aliphatic carbocycles. The number of H-pyrrole nitrogens is 1. The first-order chi connectivity index (χ1) is 12.2. The average Bonchev–Trinajstić information content (AvgIpc) is 3.25. The molecule has 0 atom stereocenters. The van der Waals surface area contributed by atoms with Gasteiger partial charge in [0.15, 0.2) is 10.2 Å². The predicted molar refractivity (Wildman–Crippen MR) is 101 cm³/mol. The molecule has 1 aromatic carbocycles. The zero-order valence-electron chi connectivity index (χ0n) is 13.5. The largest absolute Gasteiger partial charge is 0.510 e. The van der Waals surface area contributed by atoms with Gasteiger partial charge in [0.2, 0.25) is 5.13 Å². The fourth-order valence-electron chi connectivity index (χ4n) is 2.10. The monoisotopic (exact) mass is 372 g/mol. The number of nitrogens with zero attached hydrogens (tertiary/aromatic N) is 4. The van der Waals surface area contributed by atoms with Crippen molar-refractivity contribution in [3.8, 4) is 6.07 Å². The van der Waals surface area contributed by atoms with Crippen molar-refractivity contribution in [3.63, 3.8) is 0 Å². The van der Waals surface area contributed by atoms with Gasteiger partial charge in [0.1, 0.15) is 17.4 Å². The van der Waals surface area contributed by atoms with E-state index in [-0.39, 0.29) is 17.1 Å². The first kappa shape index (κ1) is 17.3. The molecule has 0 amide bonds. The molecule has 0 aliphatic rings. The Morgan fingerprint density at radius 1 is 1.40 bits per heavy atom. The number of benzene rings is 1. The fraction of sp³-hybridized carbons (Fsp3) is 0.250. The second-order valence-corrected chi connectivity index (χ2v) is 7.32. The number of anilines is 1. The van der Waals surface area contributed by atoms with Crippen LogP contribution in [0, 0.1) is 11.3 Å². The maximum absolute atomic E-state index is 10.3. The maximum atomic E-state index is 10.3. The summed E-state index contributed by atoms with van der Waals surface area (Å²) < 4.78 is 0.729. The van der Waals surface area contributed by atoms with Gasteiger partial charge in [0, 0.05) is 6.54 Å². The van der Waals surface area contributed by atoms with Gasteiger partial charge >= 0.3 is 0 Å². The van der Waals surface area contributed by atoms with Crippen molar-refractivity contribution in [2.45, 2.75) is 17.7 Å². The summed E-state index contributed by atoms with van der Waals surface area (Å²) in [5.41, 5.74) is 1.71. The maximum Gasteiger partial charge on any atom is 0.206 e. The molecule has 0 bridgehead atoms. The van der Waals surface area contributed by atoms with E-state index in [1.54, 1.807) is 0 Å². The third-order valence-electron chi connectivity index (χ3n) is 3.29. The minimum Gasteiger partial charge on any atom is -0.510 e. The molecule has 3 rings (SSSR count). The molecule has 0 fully saturated rings. The van der Waals surface area contributed by atoms with Crippen molar-refractivity contribution >= 4 is 44.8 Å². The molecule has 128 valence electrons. The molecule has 0 radical (unpaired) electrons. The summed E-state index contributed by atoms with van der Waals surface area (Å²) in [5, 5.41) is 31.7. The first-order valence-corrected chi connectivity index (χ1v) is 9.49. The number of thioether (sulfide) groups is 1. The summed E-state index contributed by atoms with van der Waals surface area (Å²) in [6.07, 6.45) is 1.01. The Labute approximate surface area is 152 Å². The SMILES string of the molecule is CCCNc1nnc(SC/C(O)=C(\C#N)c2nc3ccccc3[nH]2)s1. The van der Waals surface area contributed by atoms with Gasteiger partial charge in [0.05, 0.1) is 16.8 Å². The van der Waals surface area contributed by atoms with Gasteiger partial charge in [-0.15, -0.1) is 10.2 Å². The lowest BCUT2D eigenvalue weighted by molar-refractivity contribution is 0.420. The van der Waals surface area contributed by atoms with E-state index in [1.807, 2.05) is 30.3 Å². The molecule has 7 nitrogen and oxygen atoms in total. The molecule has 0 unspecified atom stereocenters. The van der Waals surface area contributed by atoms with Crippen LogP contribution >= 0.6 is 23.1 Å². The van der Waals surface area contributed by atoms with E-state index < -0.39 is 0 Å². The van der Waals surface area contributed by atoms with E-state index in [1.165, 1.54) is 23.1 Å². The van der Waals surface area contributed by atoms with E-state index in [4.69, 9.17) is 0 Å². The average molecular weight is 372 g/mol. The molecule has 25 heavy (non-hydrogen) atoms. The van der Waals surface area contributed by atoms with Crippen molar-refractivity contribution in [1.29, 1.82) is 5.26 Å². The lowest BCUT2D eigenvalue weighted by atomic mass is 10.2. The van der Waals surface area contributed by atoms with Crippen LogP contribution in [-0.2, 0) is 0 Å². The lowest BCUT2D eigenvalue weighted by Gasteiger charge is -2.00. The molecular weight excluding hydrogens is 356 g/mol. The molecule has 9 heteroatoms. The zero-order valence-corrected chi connectivity index (χ0v) is 15.1. The number of aromatic amines is 1. The second-order valence-electron chi connectivity index (χ2n) is 5.12. The first-order valence-electron chi connectivity index (χ1n) is 7.68. The predicted octanol–water partition coefficient (Wildman–Crippen LogP) is 3.82. The highest BCUT2D eigenvalue weighted by atomic mass is 32.2. The summed E-state index contributed by atoms with van der Waals surface area (Å²) in [4.78, 5) is 7.41. The number of para-hydroxylation sites is 2. The van der Waals surface area contributed by atoms with Gasteiger partial charge in [-0.1, -0.05) is 42.2 Å². The highest BCUT2D eigenvalue weighted by molar-refractivity contribution is 8.01. The number of aliphatic hydroxyl groups is 1. The van der Waals surface area contributed by atoms with Crippen LogP contribution in [-0.4, -0.2) is 37.6 Å². The number of nitriles is 1. The molecule has 3 N–H and O–H groups in total. The molecule has 0 saturated carbocycles. The van der Waals surface area contributed by atoms with E-state index in [0.717, 1.165) is 33.5 Å². The Morgan fingerprint density at radius 2 is 2.24 bits per heavy atom. The van der Waals surface area contributed by atoms with Crippen LogP contribution in [0.5, 0.6) is 0 Å². The van der Waals surface area contributed by atoms with Gasteiger partial charge in [-0.2, -0.15) is 5.26 Å². The Hall–Kier alpha value is -2.57. The molecule has 0 aliphatic heterocycles. The summed E-state index contributed by atoms with van der Waals surface area (Å²) in [6, 6.07) is 9.51. The summed E-state index contributed by atoms with van der Waals surface area (Å²) in [5.74, 6) is 0.553. The second kappa shape index (κ2) is 8.00. The van der Waals surface area contributed by atoms with Crippen molar-refractivity contribution in [2.75, 3.05) is 17.6 Å². The number of hydrogen-bond donors (Lipinski definition) is 3. The van der Waals surface area contributed by atoms with E-state index in [2.05, 4.69) is 32.4 Å². The summed E-state index contributed by atoms with van der Waals surface area (Å²) in [7, 11) is 0. The molecule has 0 saturated heterocycles. The van der Waals surface area contributed by atoms with Crippen LogP contribution in [0.1, 0.15) is 19.2 Å².